The van der Waals surface area contributed by atoms with Gasteiger partial charge in [-0.1, -0.05) is 28.1 Å². The fraction of sp³-hybridized carbons (Fsp3) is 0.462. The van der Waals surface area contributed by atoms with Crippen LogP contribution >= 0.6 is 15.9 Å². The molecule has 0 bridgehead atoms. The summed E-state index contributed by atoms with van der Waals surface area (Å²) in [6.07, 6.45) is 0.815. The van der Waals surface area contributed by atoms with Crippen molar-refractivity contribution in [2.45, 2.75) is 31.6 Å². The first kappa shape index (κ1) is 13.5. The number of hydrogen-bond acceptors (Lipinski definition) is 3. The first-order valence-electron chi connectivity index (χ1n) is 5.98. The Morgan fingerprint density at radius 2 is 2.11 bits per heavy atom. The monoisotopic (exact) mass is 313 g/mol. The number of hydrogen-bond donors (Lipinski definition) is 2. The van der Waals surface area contributed by atoms with Crippen LogP contribution in [0.3, 0.4) is 0 Å². The van der Waals surface area contributed by atoms with Gasteiger partial charge in [0.2, 0.25) is 0 Å². The number of carbonyl (C=O) groups is 1. The molecule has 0 radical (unpaired) electrons. The van der Waals surface area contributed by atoms with E-state index in [1.807, 2.05) is 24.3 Å². The van der Waals surface area contributed by atoms with E-state index in [2.05, 4.69) is 21.2 Å². The molecule has 1 aromatic rings. The van der Waals surface area contributed by atoms with Crippen LogP contribution in [-0.4, -0.2) is 29.8 Å². The van der Waals surface area contributed by atoms with Gasteiger partial charge in [0.15, 0.2) is 6.10 Å². The molecule has 5 heteroatoms. The number of carboxylic acid groups (broad SMARTS) is 1. The van der Waals surface area contributed by atoms with E-state index in [0.717, 1.165) is 17.4 Å². The summed E-state index contributed by atoms with van der Waals surface area (Å²) >= 11 is 3.39. The van der Waals surface area contributed by atoms with Crippen LogP contribution in [0.4, 0.5) is 0 Å². The van der Waals surface area contributed by atoms with E-state index in [1.165, 1.54) is 5.56 Å². The summed E-state index contributed by atoms with van der Waals surface area (Å²) in [7, 11) is 0. The van der Waals surface area contributed by atoms with Gasteiger partial charge in [0.25, 0.3) is 0 Å². The average Bonchev–Trinajstić information content (AvgIpc) is 2.81. The highest BCUT2D eigenvalue weighted by molar-refractivity contribution is 9.10. The molecule has 4 nitrogen and oxygen atoms in total. The second kappa shape index (κ2) is 6.31. The highest BCUT2D eigenvalue weighted by atomic mass is 79.9. The number of halogens is 1. The standard InChI is InChI=1S/C13H16BrNO3/c14-10-3-1-9(2-4-10)7-15-8-11-5-6-12(18-11)13(16)17/h1-4,11-12,15H,5-8H2,(H,16,17). The third-order valence-corrected chi connectivity index (χ3v) is 3.53. The van der Waals surface area contributed by atoms with E-state index in [0.29, 0.717) is 13.0 Å². The molecular formula is C13H16BrNO3. The molecule has 1 fully saturated rings. The zero-order valence-corrected chi connectivity index (χ0v) is 11.5. The van der Waals surface area contributed by atoms with E-state index in [-0.39, 0.29) is 6.10 Å². The molecule has 0 aliphatic carbocycles. The van der Waals surface area contributed by atoms with Crippen LogP contribution in [0.2, 0.25) is 0 Å². The molecule has 0 spiro atoms. The van der Waals surface area contributed by atoms with Crippen molar-refractivity contribution in [1.82, 2.24) is 5.32 Å². The minimum absolute atomic E-state index is 0.0153. The molecule has 2 atom stereocenters. The normalized spacial score (nSPS) is 23.2. The van der Waals surface area contributed by atoms with Crippen molar-refractivity contribution in [2.75, 3.05) is 6.54 Å². The van der Waals surface area contributed by atoms with Crippen molar-refractivity contribution in [1.29, 1.82) is 0 Å². The minimum Gasteiger partial charge on any atom is -0.479 e. The molecule has 1 aliphatic heterocycles. The maximum Gasteiger partial charge on any atom is 0.332 e. The molecule has 0 saturated carbocycles. The first-order chi connectivity index (χ1) is 8.65. The molecule has 2 rings (SSSR count). The van der Waals surface area contributed by atoms with Crippen LogP contribution in [-0.2, 0) is 16.1 Å². The van der Waals surface area contributed by atoms with E-state index in [4.69, 9.17) is 9.84 Å². The summed E-state index contributed by atoms with van der Waals surface area (Å²) in [6.45, 7) is 1.46. The molecule has 98 valence electrons. The Hall–Kier alpha value is -0.910. The molecule has 1 aliphatic rings. The lowest BCUT2D eigenvalue weighted by Crippen LogP contribution is -2.28. The van der Waals surface area contributed by atoms with E-state index in [1.54, 1.807) is 0 Å². The van der Waals surface area contributed by atoms with Gasteiger partial charge in [0, 0.05) is 17.6 Å². The Labute approximate surface area is 114 Å². The lowest BCUT2D eigenvalue weighted by Gasteiger charge is -2.12. The number of rotatable bonds is 5. The van der Waals surface area contributed by atoms with Crippen LogP contribution in [0, 0.1) is 0 Å². The summed E-state index contributed by atoms with van der Waals surface area (Å²) in [5.74, 6) is -0.856. The Bertz CT molecular complexity index is 407. The highest BCUT2D eigenvalue weighted by Gasteiger charge is 2.29. The van der Waals surface area contributed by atoms with Crippen molar-refractivity contribution in [3.63, 3.8) is 0 Å². The summed E-state index contributed by atoms with van der Waals surface area (Å²) in [4.78, 5) is 10.7. The van der Waals surface area contributed by atoms with Crippen LogP contribution in [0.5, 0.6) is 0 Å². The number of nitrogens with one attached hydrogen (secondary N) is 1. The third-order valence-electron chi connectivity index (χ3n) is 3.00. The van der Waals surface area contributed by atoms with Gasteiger partial charge in [0.05, 0.1) is 6.10 Å². The van der Waals surface area contributed by atoms with E-state index >= 15 is 0 Å². The van der Waals surface area contributed by atoms with Gasteiger partial charge in [0.1, 0.15) is 0 Å². The van der Waals surface area contributed by atoms with Gasteiger partial charge in [-0.3, -0.25) is 0 Å². The minimum atomic E-state index is -0.856. The Morgan fingerprint density at radius 3 is 2.72 bits per heavy atom. The highest BCUT2D eigenvalue weighted by Crippen LogP contribution is 2.19. The Balaban J connectivity index is 1.70. The summed E-state index contributed by atoms with van der Waals surface area (Å²) in [5, 5.41) is 12.1. The van der Waals surface area contributed by atoms with Crippen molar-refractivity contribution in [3.05, 3.63) is 34.3 Å². The largest absolute Gasteiger partial charge is 0.479 e. The molecule has 1 heterocycles. The molecule has 1 aromatic carbocycles. The maximum atomic E-state index is 10.7. The van der Waals surface area contributed by atoms with Crippen LogP contribution < -0.4 is 5.32 Å². The molecule has 1 saturated heterocycles. The van der Waals surface area contributed by atoms with Gasteiger partial charge >= 0.3 is 5.97 Å². The predicted molar refractivity (Wildman–Crippen MR) is 71.4 cm³/mol. The first-order valence-corrected chi connectivity index (χ1v) is 6.78. The number of ether oxygens (including phenoxy) is 1. The van der Waals surface area contributed by atoms with Crippen molar-refractivity contribution in [3.8, 4) is 0 Å². The number of aliphatic carboxylic acids is 1. The summed E-state index contributed by atoms with van der Waals surface area (Å²) in [6, 6.07) is 8.10. The van der Waals surface area contributed by atoms with Gasteiger partial charge in [-0.2, -0.15) is 0 Å². The second-order valence-electron chi connectivity index (χ2n) is 4.42. The van der Waals surface area contributed by atoms with Crippen molar-refractivity contribution >= 4 is 21.9 Å². The van der Waals surface area contributed by atoms with Crippen molar-refractivity contribution < 1.29 is 14.6 Å². The third kappa shape index (κ3) is 3.80. The zero-order valence-electron chi connectivity index (χ0n) is 9.93. The maximum absolute atomic E-state index is 10.7. The lowest BCUT2D eigenvalue weighted by atomic mass is 10.2. The van der Waals surface area contributed by atoms with E-state index < -0.39 is 12.1 Å². The topological polar surface area (TPSA) is 58.6 Å². The fourth-order valence-corrected chi connectivity index (χ4v) is 2.28. The van der Waals surface area contributed by atoms with Crippen molar-refractivity contribution in [2.24, 2.45) is 0 Å². The molecule has 0 aromatic heterocycles. The molecule has 2 N–H and O–H groups in total. The quantitative estimate of drug-likeness (QED) is 0.874. The van der Waals surface area contributed by atoms with Gasteiger partial charge in [-0.15, -0.1) is 0 Å². The predicted octanol–water partition coefficient (Wildman–Crippen LogP) is 2.17. The Kier molecular flexibility index (Phi) is 4.74. The summed E-state index contributed by atoms with van der Waals surface area (Å²) < 4.78 is 6.47. The van der Waals surface area contributed by atoms with Crippen LogP contribution in [0.25, 0.3) is 0 Å². The number of benzene rings is 1. The average molecular weight is 314 g/mol. The van der Waals surface area contributed by atoms with Crippen LogP contribution in [0.1, 0.15) is 18.4 Å². The smallest absolute Gasteiger partial charge is 0.332 e. The lowest BCUT2D eigenvalue weighted by molar-refractivity contribution is -0.149. The number of carboxylic acids is 1. The van der Waals surface area contributed by atoms with Gasteiger partial charge in [-0.25, -0.2) is 4.79 Å². The fourth-order valence-electron chi connectivity index (χ4n) is 2.02. The van der Waals surface area contributed by atoms with Gasteiger partial charge in [-0.05, 0) is 30.5 Å². The molecule has 18 heavy (non-hydrogen) atoms. The molecular weight excluding hydrogens is 298 g/mol. The zero-order chi connectivity index (χ0) is 13.0. The SMILES string of the molecule is O=C(O)C1CCC(CNCc2ccc(Br)cc2)O1. The van der Waals surface area contributed by atoms with E-state index in [9.17, 15) is 4.79 Å². The van der Waals surface area contributed by atoms with Gasteiger partial charge < -0.3 is 15.2 Å². The molecule has 2 unspecified atom stereocenters. The Morgan fingerprint density at radius 1 is 1.39 bits per heavy atom. The molecule has 0 amide bonds. The second-order valence-corrected chi connectivity index (χ2v) is 5.34. The van der Waals surface area contributed by atoms with Crippen LogP contribution in [0.15, 0.2) is 28.7 Å². The summed E-state index contributed by atoms with van der Waals surface area (Å²) in [5.41, 5.74) is 1.20.